The summed E-state index contributed by atoms with van der Waals surface area (Å²) in [6.07, 6.45) is -6.20. The number of hydrogen-bond acceptors (Lipinski definition) is 5. The number of carbonyl (C=O) groups is 1. The Balaban J connectivity index is 2.27. The molecular formula is C18H13F3N2O4S. The van der Waals surface area contributed by atoms with Crippen LogP contribution in [0.3, 0.4) is 0 Å². The molecule has 28 heavy (non-hydrogen) atoms. The van der Waals surface area contributed by atoms with Gasteiger partial charge in [0.15, 0.2) is 5.76 Å². The number of hydrogen-bond donors (Lipinski definition) is 1. The van der Waals surface area contributed by atoms with E-state index >= 15 is 0 Å². The van der Waals surface area contributed by atoms with E-state index in [0.29, 0.717) is 5.56 Å². The second-order valence-corrected chi connectivity index (χ2v) is 7.36. The van der Waals surface area contributed by atoms with E-state index in [1.165, 1.54) is 24.3 Å². The molecule has 10 heteroatoms. The molecule has 0 aliphatic heterocycles. The van der Waals surface area contributed by atoms with Crippen LogP contribution in [0.1, 0.15) is 5.76 Å². The Bertz CT molecular complexity index is 1120. The SMILES string of the molecule is NS(=O)(=O)c1ccccc1-c1c(-c2ccccc2)noc1CC(=O)C(F)(F)F. The minimum Gasteiger partial charge on any atom is -0.360 e. The number of alkyl halides is 3. The molecule has 0 bridgehead atoms. The van der Waals surface area contributed by atoms with E-state index < -0.39 is 34.2 Å². The molecule has 2 aromatic carbocycles. The van der Waals surface area contributed by atoms with Crippen LogP contribution < -0.4 is 5.14 Å². The first-order chi connectivity index (χ1) is 13.1. The standard InChI is InChI=1S/C18H13F3N2O4S/c19-18(20,21)15(24)10-13-16(12-8-4-5-9-14(12)28(22,25)26)17(23-27-13)11-6-2-1-3-7-11/h1-9H,10H2,(H2,22,25,26). The molecule has 2 N–H and O–H groups in total. The summed E-state index contributed by atoms with van der Waals surface area (Å²) in [6, 6.07) is 13.8. The van der Waals surface area contributed by atoms with Gasteiger partial charge in [0.05, 0.1) is 16.9 Å². The number of ketones is 1. The van der Waals surface area contributed by atoms with E-state index in [1.54, 1.807) is 30.3 Å². The molecule has 0 spiro atoms. The summed E-state index contributed by atoms with van der Waals surface area (Å²) in [4.78, 5) is 11.2. The van der Waals surface area contributed by atoms with Crippen LogP contribution in [0.2, 0.25) is 0 Å². The topological polar surface area (TPSA) is 103 Å². The van der Waals surface area contributed by atoms with E-state index in [9.17, 15) is 26.4 Å². The smallest absolute Gasteiger partial charge is 0.360 e. The van der Waals surface area contributed by atoms with Gasteiger partial charge in [0, 0.05) is 11.1 Å². The number of aromatic nitrogens is 1. The number of Topliss-reactive ketones (excluding diaryl/α,β-unsaturated/α-hetero) is 1. The predicted octanol–water partition coefficient (Wildman–Crippen LogP) is 3.33. The van der Waals surface area contributed by atoms with Gasteiger partial charge in [0.25, 0.3) is 0 Å². The first-order valence-electron chi connectivity index (χ1n) is 7.85. The van der Waals surface area contributed by atoms with Gasteiger partial charge in [-0.2, -0.15) is 13.2 Å². The third-order valence-electron chi connectivity index (χ3n) is 3.91. The Hall–Kier alpha value is -2.98. The van der Waals surface area contributed by atoms with Crippen LogP contribution in [0.15, 0.2) is 64.0 Å². The van der Waals surface area contributed by atoms with Crippen LogP contribution in [0.4, 0.5) is 13.2 Å². The zero-order valence-electron chi connectivity index (χ0n) is 14.1. The van der Waals surface area contributed by atoms with E-state index in [-0.39, 0.29) is 21.7 Å². The molecule has 1 heterocycles. The second kappa shape index (κ2) is 7.21. The number of halogens is 3. The second-order valence-electron chi connectivity index (χ2n) is 5.83. The lowest BCUT2D eigenvalue weighted by molar-refractivity contribution is -0.170. The fourth-order valence-electron chi connectivity index (χ4n) is 2.68. The summed E-state index contributed by atoms with van der Waals surface area (Å²) >= 11 is 0. The van der Waals surface area contributed by atoms with Gasteiger partial charge in [0.1, 0.15) is 5.69 Å². The van der Waals surface area contributed by atoms with Crippen molar-refractivity contribution >= 4 is 15.8 Å². The first-order valence-corrected chi connectivity index (χ1v) is 9.40. The van der Waals surface area contributed by atoms with Crippen molar-refractivity contribution in [3.05, 3.63) is 60.4 Å². The number of carbonyl (C=O) groups excluding carboxylic acids is 1. The molecule has 0 aliphatic carbocycles. The molecule has 0 atom stereocenters. The number of primary sulfonamides is 1. The summed E-state index contributed by atoms with van der Waals surface area (Å²) in [7, 11) is -4.21. The van der Waals surface area contributed by atoms with Crippen LogP contribution in [-0.2, 0) is 21.2 Å². The van der Waals surface area contributed by atoms with Crippen molar-refractivity contribution in [1.29, 1.82) is 0 Å². The highest BCUT2D eigenvalue weighted by molar-refractivity contribution is 7.89. The van der Waals surface area contributed by atoms with Gasteiger partial charge in [-0.3, -0.25) is 4.79 Å². The fourth-order valence-corrected chi connectivity index (χ4v) is 3.43. The highest BCUT2D eigenvalue weighted by atomic mass is 32.2. The summed E-state index contributed by atoms with van der Waals surface area (Å²) in [5.41, 5.74) is 0.529. The molecule has 0 aliphatic rings. The van der Waals surface area contributed by atoms with Gasteiger partial charge in [0.2, 0.25) is 15.8 Å². The molecule has 1 aromatic heterocycles. The molecule has 6 nitrogen and oxygen atoms in total. The van der Waals surface area contributed by atoms with Crippen LogP contribution in [-0.4, -0.2) is 25.5 Å². The average molecular weight is 410 g/mol. The van der Waals surface area contributed by atoms with Gasteiger partial charge in [-0.05, 0) is 6.07 Å². The zero-order chi connectivity index (χ0) is 20.5. The van der Waals surface area contributed by atoms with Gasteiger partial charge >= 0.3 is 6.18 Å². The molecular weight excluding hydrogens is 397 g/mol. The molecule has 3 aromatic rings. The zero-order valence-corrected chi connectivity index (χ0v) is 14.9. The number of benzene rings is 2. The summed E-state index contributed by atoms with van der Waals surface area (Å²) < 4.78 is 67.2. The van der Waals surface area contributed by atoms with Crippen molar-refractivity contribution in [2.24, 2.45) is 5.14 Å². The average Bonchev–Trinajstić information content (AvgIpc) is 3.04. The quantitative estimate of drug-likeness (QED) is 0.695. The summed E-state index contributed by atoms with van der Waals surface area (Å²) in [5.74, 6) is -2.45. The molecule has 0 radical (unpaired) electrons. The first kappa shape index (κ1) is 19.8. The molecule has 3 rings (SSSR count). The number of nitrogens with zero attached hydrogens (tertiary/aromatic N) is 1. The number of rotatable bonds is 5. The Kier molecular flexibility index (Phi) is 5.09. The van der Waals surface area contributed by atoms with E-state index in [2.05, 4.69) is 5.16 Å². The number of sulfonamides is 1. The monoisotopic (exact) mass is 410 g/mol. The minimum absolute atomic E-state index is 0.00456. The highest BCUT2D eigenvalue weighted by Crippen LogP contribution is 2.38. The highest BCUT2D eigenvalue weighted by Gasteiger charge is 2.40. The molecule has 0 fully saturated rings. The van der Waals surface area contributed by atoms with Crippen molar-refractivity contribution < 1.29 is 30.9 Å². The van der Waals surface area contributed by atoms with E-state index in [4.69, 9.17) is 9.66 Å². The largest absolute Gasteiger partial charge is 0.450 e. The van der Waals surface area contributed by atoms with Crippen molar-refractivity contribution in [1.82, 2.24) is 5.16 Å². The molecule has 0 amide bonds. The van der Waals surface area contributed by atoms with Crippen LogP contribution in [0.5, 0.6) is 0 Å². The molecule has 146 valence electrons. The molecule has 0 unspecified atom stereocenters. The maximum atomic E-state index is 12.7. The summed E-state index contributed by atoms with van der Waals surface area (Å²) in [5, 5.41) is 9.04. The third kappa shape index (κ3) is 3.97. The van der Waals surface area contributed by atoms with E-state index in [0.717, 1.165) is 0 Å². The minimum atomic E-state index is -5.07. The Morgan fingerprint density at radius 2 is 1.64 bits per heavy atom. The Morgan fingerprint density at radius 3 is 2.25 bits per heavy atom. The van der Waals surface area contributed by atoms with Crippen molar-refractivity contribution in [2.45, 2.75) is 17.5 Å². The van der Waals surface area contributed by atoms with Crippen molar-refractivity contribution in [3.8, 4) is 22.4 Å². The maximum Gasteiger partial charge on any atom is 0.450 e. The predicted molar refractivity (Wildman–Crippen MR) is 93.5 cm³/mol. The Morgan fingerprint density at radius 1 is 1.04 bits per heavy atom. The van der Waals surface area contributed by atoms with Crippen LogP contribution in [0, 0.1) is 0 Å². The van der Waals surface area contributed by atoms with Gasteiger partial charge in [-0.15, -0.1) is 0 Å². The van der Waals surface area contributed by atoms with Crippen LogP contribution >= 0.6 is 0 Å². The number of nitrogens with two attached hydrogens (primary N) is 1. The van der Waals surface area contributed by atoms with Crippen molar-refractivity contribution in [3.63, 3.8) is 0 Å². The Labute approximate surface area is 157 Å². The van der Waals surface area contributed by atoms with Gasteiger partial charge in [-0.25, -0.2) is 13.6 Å². The van der Waals surface area contributed by atoms with Crippen LogP contribution in [0.25, 0.3) is 22.4 Å². The van der Waals surface area contributed by atoms with Crippen molar-refractivity contribution in [2.75, 3.05) is 0 Å². The lowest BCUT2D eigenvalue weighted by atomic mass is 9.97. The lowest BCUT2D eigenvalue weighted by Crippen LogP contribution is -2.24. The lowest BCUT2D eigenvalue weighted by Gasteiger charge is -2.10. The van der Waals surface area contributed by atoms with E-state index in [1.807, 2.05) is 0 Å². The molecule has 0 saturated carbocycles. The third-order valence-corrected chi connectivity index (χ3v) is 4.88. The summed E-state index contributed by atoms with van der Waals surface area (Å²) in [6.45, 7) is 0. The van der Waals surface area contributed by atoms with Gasteiger partial charge in [-0.1, -0.05) is 53.7 Å². The normalized spacial score (nSPS) is 12.1. The molecule has 0 saturated heterocycles. The maximum absolute atomic E-state index is 12.7. The van der Waals surface area contributed by atoms with Gasteiger partial charge < -0.3 is 4.52 Å². The fraction of sp³-hybridized carbons (Fsp3) is 0.111.